The van der Waals surface area contributed by atoms with Crippen molar-refractivity contribution in [3.8, 4) is 0 Å². The van der Waals surface area contributed by atoms with E-state index in [1.54, 1.807) is 0 Å². The standard InChI is InChI=1S/C8H11N3O4/c9-4-1-5-10-8(12)6-2-3-7(15-6)11(13)14/h2-3H,1,4-5,9H2,(H,10,12). The largest absolute Gasteiger partial charge is 0.433 e. The van der Waals surface area contributed by atoms with Gasteiger partial charge in [0.2, 0.25) is 0 Å². The number of nitrogens with zero attached hydrogens (tertiary/aromatic N) is 1. The lowest BCUT2D eigenvalue weighted by Gasteiger charge is -1.99. The van der Waals surface area contributed by atoms with Crippen molar-refractivity contribution in [2.24, 2.45) is 5.73 Å². The lowest BCUT2D eigenvalue weighted by Crippen LogP contribution is -2.25. The van der Waals surface area contributed by atoms with Gasteiger partial charge in [0, 0.05) is 6.54 Å². The predicted octanol–water partition coefficient (Wildman–Crippen LogP) is 0.266. The SMILES string of the molecule is NCCCNC(=O)c1ccc([N+](=O)[O-])o1. The van der Waals surface area contributed by atoms with Crippen molar-refractivity contribution >= 4 is 11.8 Å². The van der Waals surface area contributed by atoms with E-state index in [1.165, 1.54) is 6.07 Å². The Bertz CT molecular complexity index is 361. The Morgan fingerprint density at radius 3 is 2.87 bits per heavy atom. The molecule has 1 aromatic rings. The second-order valence-corrected chi connectivity index (χ2v) is 2.79. The maximum absolute atomic E-state index is 11.3. The van der Waals surface area contributed by atoms with E-state index in [0.717, 1.165) is 6.07 Å². The molecule has 0 aliphatic carbocycles. The fraction of sp³-hybridized carbons (Fsp3) is 0.375. The third-order valence-electron chi connectivity index (χ3n) is 1.66. The molecule has 1 aromatic heterocycles. The normalized spacial score (nSPS) is 9.93. The molecule has 3 N–H and O–H groups in total. The first-order valence-electron chi connectivity index (χ1n) is 4.37. The second-order valence-electron chi connectivity index (χ2n) is 2.79. The highest BCUT2D eigenvalue weighted by Crippen LogP contribution is 2.15. The molecule has 1 heterocycles. The van der Waals surface area contributed by atoms with Gasteiger partial charge in [-0.1, -0.05) is 0 Å². The molecule has 7 heteroatoms. The molecule has 0 atom stereocenters. The summed E-state index contributed by atoms with van der Waals surface area (Å²) in [6.45, 7) is 0.891. The van der Waals surface area contributed by atoms with E-state index in [9.17, 15) is 14.9 Å². The fourth-order valence-electron chi connectivity index (χ4n) is 0.939. The monoisotopic (exact) mass is 213 g/mol. The van der Waals surface area contributed by atoms with Gasteiger partial charge in [-0.15, -0.1) is 0 Å². The molecule has 1 amide bonds. The van der Waals surface area contributed by atoms with Crippen LogP contribution in [0.4, 0.5) is 5.88 Å². The van der Waals surface area contributed by atoms with Crippen LogP contribution in [-0.4, -0.2) is 23.9 Å². The van der Waals surface area contributed by atoms with Crippen LogP contribution in [0.15, 0.2) is 16.5 Å². The van der Waals surface area contributed by atoms with Gasteiger partial charge in [0.05, 0.1) is 6.07 Å². The molecule has 0 aromatic carbocycles. The van der Waals surface area contributed by atoms with Crippen LogP contribution >= 0.6 is 0 Å². The molecule has 0 unspecified atom stereocenters. The van der Waals surface area contributed by atoms with Gasteiger partial charge in [-0.2, -0.15) is 0 Å². The van der Waals surface area contributed by atoms with Crippen LogP contribution < -0.4 is 11.1 Å². The summed E-state index contributed by atoms with van der Waals surface area (Å²) in [4.78, 5) is 20.9. The molecule has 15 heavy (non-hydrogen) atoms. The summed E-state index contributed by atoms with van der Waals surface area (Å²) < 4.78 is 4.70. The first-order chi connectivity index (χ1) is 7.15. The number of carbonyl (C=O) groups excluding carboxylic acids is 1. The summed E-state index contributed by atoms with van der Waals surface area (Å²) in [5, 5.41) is 12.8. The summed E-state index contributed by atoms with van der Waals surface area (Å²) in [6.07, 6.45) is 0.647. The third-order valence-corrected chi connectivity index (χ3v) is 1.66. The molecule has 0 spiro atoms. The molecule has 0 aliphatic heterocycles. The topological polar surface area (TPSA) is 111 Å². The van der Waals surface area contributed by atoms with E-state index in [0.29, 0.717) is 19.5 Å². The van der Waals surface area contributed by atoms with Crippen LogP contribution in [0.2, 0.25) is 0 Å². The Morgan fingerprint density at radius 2 is 2.33 bits per heavy atom. The number of hydrogen-bond acceptors (Lipinski definition) is 5. The molecular formula is C8H11N3O4. The number of hydrogen-bond donors (Lipinski definition) is 2. The van der Waals surface area contributed by atoms with Gasteiger partial charge in [0.15, 0.2) is 5.76 Å². The van der Waals surface area contributed by atoms with E-state index in [4.69, 9.17) is 10.2 Å². The number of carbonyl (C=O) groups is 1. The summed E-state index contributed by atoms with van der Waals surface area (Å²) in [6, 6.07) is 2.40. The molecule has 0 radical (unpaired) electrons. The minimum atomic E-state index is -0.698. The Labute approximate surface area is 85.4 Å². The summed E-state index contributed by atoms with van der Waals surface area (Å²) >= 11 is 0. The van der Waals surface area contributed by atoms with E-state index < -0.39 is 16.7 Å². The summed E-state index contributed by atoms with van der Waals surface area (Å²) in [7, 11) is 0. The predicted molar refractivity (Wildman–Crippen MR) is 51.4 cm³/mol. The number of nitrogens with one attached hydrogen (secondary N) is 1. The molecule has 0 bridgehead atoms. The van der Waals surface area contributed by atoms with Crippen LogP contribution in [0.1, 0.15) is 17.0 Å². The van der Waals surface area contributed by atoms with Crippen molar-refractivity contribution in [3.05, 3.63) is 28.0 Å². The Balaban J connectivity index is 2.54. The molecule has 0 saturated heterocycles. The van der Waals surface area contributed by atoms with Crippen molar-refractivity contribution in [1.82, 2.24) is 5.32 Å². The Kier molecular flexibility index (Phi) is 3.81. The number of furan rings is 1. The van der Waals surface area contributed by atoms with E-state index >= 15 is 0 Å². The van der Waals surface area contributed by atoms with Gasteiger partial charge in [-0.05, 0) is 19.0 Å². The lowest BCUT2D eigenvalue weighted by molar-refractivity contribution is -0.402. The number of amides is 1. The Hall–Kier alpha value is -1.89. The maximum atomic E-state index is 11.3. The average Bonchev–Trinajstić information content (AvgIpc) is 2.66. The van der Waals surface area contributed by atoms with Gasteiger partial charge < -0.3 is 15.5 Å². The van der Waals surface area contributed by atoms with Crippen LogP contribution in [0.5, 0.6) is 0 Å². The minimum Gasteiger partial charge on any atom is -0.395 e. The zero-order valence-corrected chi connectivity index (χ0v) is 7.93. The maximum Gasteiger partial charge on any atom is 0.433 e. The van der Waals surface area contributed by atoms with Crippen LogP contribution in [0.25, 0.3) is 0 Å². The quantitative estimate of drug-likeness (QED) is 0.414. The molecule has 82 valence electrons. The molecule has 1 rings (SSSR count). The molecule has 0 aliphatic rings. The van der Waals surface area contributed by atoms with Crippen molar-refractivity contribution in [2.75, 3.05) is 13.1 Å². The zero-order valence-electron chi connectivity index (χ0n) is 7.93. The molecule has 0 fully saturated rings. The van der Waals surface area contributed by atoms with Gasteiger partial charge >= 0.3 is 5.88 Å². The van der Waals surface area contributed by atoms with Crippen LogP contribution in [0, 0.1) is 10.1 Å². The van der Waals surface area contributed by atoms with Crippen LogP contribution in [0.3, 0.4) is 0 Å². The number of rotatable bonds is 5. The first-order valence-corrected chi connectivity index (χ1v) is 4.37. The van der Waals surface area contributed by atoms with E-state index in [1.807, 2.05) is 0 Å². The van der Waals surface area contributed by atoms with Crippen LogP contribution in [-0.2, 0) is 0 Å². The summed E-state index contributed by atoms with van der Waals surface area (Å²) in [5.74, 6) is -0.991. The minimum absolute atomic E-state index is 0.0706. The van der Waals surface area contributed by atoms with E-state index in [-0.39, 0.29) is 5.76 Å². The average molecular weight is 213 g/mol. The van der Waals surface area contributed by atoms with Crippen molar-refractivity contribution in [2.45, 2.75) is 6.42 Å². The van der Waals surface area contributed by atoms with E-state index in [2.05, 4.69) is 5.32 Å². The highest BCUT2D eigenvalue weighted by molar-refractivity contribution is 5.91. The van der Waals surface area contributed by atoms with Crippen molar-refractivity contribution in [1.29, 1.82) is 0 Å². The zero-order chi connectivity index (χ0) is 11.3. The molecule has 0 saturated carbocycles. The van der Waals surface area contributed by atoms with Gasteiger partial charge in [-0.25, -0.2) is 0 Å². The number of nitrogens with two attached hydrogens (primary N) is 1. The fourth-order valence-corrected chi connectivity index (χ4v) is 0.939. The van der Waals surface area contributed by atoms with Gasteiger partial charge in [-0.3, -0.25) is 14.9 Å². The number of nitro groups is 1. The highest BCUT2D eigenvalue weighted by atomic mass is 16.6. The third kappa shape index (κ3) is 3.06. The first kappa shape index (κ1) is 11.2. The second kappa shape index (κ2) is 5.11. The lowest BCUT2D eigenvalue weighted by atomic mass is 10.4. The highest BCUT2D eigenvalue weighted by Gasteiger charge is 2.16. The molecular weight excluding hydrogens is 202 g/mol. The van der Waals surface area contributed by atoms with Gasteiger partial charge in [0.1, 0.15) is 4.92 Å². The smallest absolute Gasteiger partial charge is 0.395 e. The Morgan fingerprint density at radius 1 is 1.60 bits per heavy atom. The summed E-state index contributed by atoms with van der Waals surface area (Å²) in [5.41, 5.74) is 5.23. The van der Waals surface area contributed by atoms with Gasteiger partial charge in [0.25, 0.3) is 5.91 Å². The van der Waals surface area contributed by atoms with Crippen molar-refractivity contribution in [3.63, 3.8) is 0 Å². The molecule has 7 nitrogen and oxygen atoms in total. The van der Waals surface area contributed by atoms with Crippen molar-refractivity contribution < 1.29 is 14.1 Å².